The average molecular weight is 377 g/mol. The van der Waals surface area contributed by atoms with E-state index in [0.717, 1.165) is 16.5 Å². The van der Waals surface area contributed by atoms with E-state index in [1.165, 1.54) is 12.1 Å². The third-order valence-corrected chi connectivity index (χ3v) is 4.18. The van der Waals surface area contributed by atoms with Gasteiger partial charge in [-0.1, -0.05) is 23.4 Å². The molecule has 2 aromatic carbocycles. The number of aromatic nitrogens is 1. The van der Waals surface area contributed by atoms with Gasteiger partial charge in [0.25, 0.3) is 0 Å². The van der Waals surface area contributed by atoms with Crippen LogP contribution in [0.15, 0.2) is 52.0 Å². The van der Waals surface area contributed by atoms with Crippen LogP contribution < -0.4 is 9.64 Å². The van der Waals surface area contributed by atoms with Gasteiger partial charge in [0.15, 0.2) is 11.4 Å². The van der Waals surface area contributed by atoms with Crippen LogP contribution in [0.4, 0.5) is 19.0 Å². The fourth-order valence-electron chi connectivity index (χ4n) is 2.90. The minimum Gasteiger partial charge on any atom is -0.406 e. The zero-order valence-electron chi connectivity index (χ0n) is 13.8. The zero-order chi connectivity index (χ0) is 19.0. The van der Waals surface area contributed by atoms with Crippen LogP contribution in [0, 0.1) is 0 Å². The molecule has 1 aliphatic heterocycles. The summed E-state index contributed by atoms with van der Waals surface area (Å²) in [4.78, 5) is 5.97. The van der Waals surface area contributed by atoms with Crippen LogP contribution in [-0.2, 0) is 0 Å². The Bertz CT molecular complexity index is 983. The molecule has 0 radical (unpaired) electrons. The van der Waals surface area contributed by atoms with Gasteiger partial charge >= 0.3 is 6.36 Å². The van der Waals surface area contributed by atoms with E-state index in [9.17, 15) is 18.3 Å². The number of benzene rings is 2. The van der Waals surface area contributed by atoms with Crippen molar-refractivity contribution >= 4 is 23.1 Å². The number of aliphatic imine (C=N–C) groups is 1. The van der Waals surface area contributed by atoms with Crippen molar-refractivity contribution in [3.05, 3.63) is 42.5 Å². The maximum absolute atomic E-state index is 12.3. The molecule has 0 amide bonds. The molecule has 0 fully saturated rings. The summed E-state index contributed by atoms with van der Waals surface area (Å²) >= 11 is 0. The van der Waals surface area contributed by atoms with E-state index >= 15 is 0 Å². The lowest BCUT2D eigenvalue weighted by Crippen LogP contribution is -2.25. The van der Waals surface area contributed by atoms with E-state index in [1.807, 2.05) is 6.07 Å². The highest BCUT2D eigenvalue weighted by Gasteiger charge is 2.31. The molecule has 1 unspecified atom stereocenters. The molecule has 0 spiro atoms. The highest BCUT2D eigenvalue weighted by Crippen LogP contribution is 2.32. The molecule has 3 aromatic rings. The van der Waals surface area contributed by atoms with Crippen LogP contribution in [0.3, 0.4) is 0 Å². The van der Waals surface area contributed by atoms with Crippen LogP contribution in [0.1, 0.15) is 0 Å². The van der Waals surface area contributed by atoms with Gasteiger partial charge in [-0.15, -0.1) is 13.2 Å². The van der Waals surface area contributed by atoms with Gasteiger partial charge in [-0.25, -0.2) is 0 Å². The van der Waals surface area contributed by atoms with Crippen molar-refractivity contribution in [1.82, 2.24) is 5.16 Å². The number of anilines is 1. The Hall–Kier alpha value is -3.07. The number of aliphatic hydroxyl groups is 1. The molecule has 1 atom stereocenters. The van der Waals surface area contributed by atoms with Gasteiger partial charge in [-0.05, 0) is 35.4 Å². The Labute approximate surface area is 151 Å². The second kappa shape index (κ2) is 6.58. The molecule has 1 N–H and O–H groups in total. The van der Waals surface area contributed by atoms with Crippen molar-refractivity contribution in [2.24, 2.45) is 4.99 Å². The molecule has 6 nitrogen and oxygen atoms in total. The van der Waals surface area contributed by atoms with Crippen molar-refractivity contribution in [3.8, 4) is 16.9 Å². The minimum absolute atomic E-state index is 0.0552. The molecule has 1 aromatic heterocycles. The third kappa shape index (κ3) is 3.59. The van der Waals surface area contributed by atoms with Gasteiger partial charge in [0.1, 0.15) is 5.75 Å². The molecule has 27 heavy (non-hydrogen) atoms. The SMILES string of the molecule is OCC1CN(c2noc3ccc(-c4ccc(OC(F)(F)F)cc4)cc23)C=N1. The molecule has 9 heteroatoms. The van der Waals surface area contributed by atoms with Gasteiger partial charge in [0.2, 0.25) is 0 Å². The predicted molar refractivity (Wildman–Crippen MR) is 92.8 cm³/mol. The standard InChI is InChI=1S/C18H14F3N3O3/c19-18(20,21)26-14-4-1-11(2-5-14)12-3-6-16-15(7-12)17(23-27-16)24-8-13(9-25)22-10-24/h1-7,10,13,25H,8-9H2. The summed E-state index contributed by atoms with van der Waals surface area (Å²) in [6.07, 6.45) is -3.12. The summed E-state index contributed by atoms with van der Waals surface area (Å²) in [7, 11) is 0. The summed E-state index contributed by atoms with van der Waals surface area (Å²) in [6, 6.07) is 10.8. The molecule has 0 bridgehead atoms. The summed E-state index contributed by atoms with van der Waals surface area (Å²) in [5, 5.41) is 14.0. The number of halogens is 3. The number of aliphatic hydroxyl groups excluding tert-OH is 1. The minimum atomic E-state index is -4.72. The first-order valence-electron chi connectivity index (χ1n) is 8.09. The lowest BCUT2D eigenvalue weighted by atomic mass is 10.0. The van der Waals surface area contributed by atoms with Crippen molar-refractivity contribution in [2.45, 2.75) is 12.4 Å². The van der Waals surface area contributed by atoms with E-state index in [2.05, 4.69) is 14.9 Å². The number of alkyl halides is 3. The van der Waals surface area contributed by atoms with Gasteiger partial charge in [-0.3, -0.25) is 4.99 Å². The highest BCUT2D eigenvalue weighted by molar-refractivity contribution is 5.97. The van der Waals surface area contributed by atoms with Gasteiger partial charge in [0.05, 0.1) is 30.9 Å². The second-order valence-electron chi connectivity index (χ2n) is 6.04. The molecule has 0 aliphatic carbocycles. The van der Waals surface area contributed by atoms with E-state index < -0.39 is 6.36 Å². The smallest absolute Gasteiger partial charge is 0.406 e. The topological polar surface area (TPSA) is 71.1 Å². The maximum atomic E-state index is 12.3. The predicted octanol–water partition coefficient (Wildman–Crippen LogP) is 3.60. The number of hydrogen-bond acceptors (Lipinski definition) is 6. The van der Waals surface area contributed by atoms with E-state index in [1.54, 1.807) is 35.5 Å². The highest BCUT2D eigenvalue weighted by atomic mass is 19.4. The van der Waals surface area contributed by atoms with E-state index in [4.69, 9.17) is 4.52 Å². The van der Waals surface area contributed by atoms with Crippen molar-refractivity contribution in [2.75, 3.05) is 18.1 Å². The normalized spacial score (nSPS) is 17.0. The van der Waals surface area contributed by atoms with Crippen LogP contribution in [0.5, 0.6) is 5.75 Å². The number of nitrogens with zero attached hydrogens (tertiary/aromatic N) is 3. The summed E-state index contributed by atoms with van der Waals surface area (Å²) in [6.45, 7) is 0.437. The fraction of sp³-hybridized carbons (Fsp3) is 0.222. The Morgan fingerprint density at radius 3 is 2.56 bits per heavy atom. The van der Waals surface area contributed by atoms with E-state index in [0.29, 0.717) is 17.9 Å². The van der Waals surface area contributed by atoms with Crippen LogP contribution in [-0.4, -0.2) is 42.2 Å². The van der Waals surface area contributed by atoms with Crippen molar-refractivity contribution in [1.29, 1.82) is 0 Å². The molecule has 4 rings (SSSR count). The molecule has 0 saturated heterocycles. The molecule has 1 aliphatic rings. The Balaban J connectivity index is 1.63. The molecule has 140 valence electrons. The van der Waals surface area contributed by atoms with Crippen LogP contribution >= 0.6 is 0 Å². The zero-order valence-corrected chi connectivity index (χ0v) is 13.8. The first kappa shape index (κ1) is 17.3. The molecule has 2 heterocycles. The monoisotopic (exact) mass is 377 g/mol. The fourth-order valence-corrected chi connectivity index (χ4v) is 2.90. The average Bonchev–Trinajstić information content (AvgIpc) is 3.26. The van der Waals surface area contributed by atoms with Crippen molar-refractivity contribution < 1.29 is 27.5 Å². The third-order valence-electron chi connectivity index (χ3n) is 4.18. The van der Waals surface area contributed by atoms with Gasteiger partial charge < -0.3 is 19.3 Å². The molecular formula is C18H14F3N3O3. The maximum Gasteiger partial charge on any atom is 0.573 e. The number of hydrogen-bond donors (Lipinski definition) is 1. The first-order valence-corrected chi connectivity index (χ1v) is 8.09. The van der Waals surface area contributed by atoms with Crippen molar-refractivity contribution in [3.63, 3.8) is 0 Å². The number of rotatable bonds is 4. The Morgan fingerprint density at radius 1 is 1.15 bits per heavy atom. The van der Waals surface area contributed by atoms with Crippen LogP contribution in [0.2, 0.25) is 0 Å². The number of fused-ring (bicyclic) bond motifs is 1. The summed E-state index contributed by atoms with van der Waals surface area (Å²) in [5.41, 5.74) is 2.09. The van der Waals surface area contributed by atoms with Gasteiger partial charge in [-0.2, -0.15) is 0 Å². The van der Waals surface area contributed by atoms with Crippen LogP contribution in [0.25, 0.3) is 22.1 Å². The largest absolute Gasteiger partial charge is 0.573 e. The lowest BCUT2D eigenvalue weighted by molar-refractivity contribution is -0.274. The number of ether oxygens (including phenoxy) is 1. The quantitative estimate of drug-likeness (QED) is 0.752. The summed E-state index contributed by atoms with van der Waals surface area (Å²) < 4.78 is 46.1. The van der Waals surface area contributed by atoms with Gasteiger partial charge in [0, 0.05) is 0 Å². The Kier molecular flexibility index (Phi) is 4.23. The second-order valence-corrected chi connectivity index (χ2v) is 6.04. The van der Waals surface area contributed by atoms with E-state index in [-0.39, 0.29) is 18.4 Å². The molecule has 0 saturated carbocycles. The Morgan fingerprint density at radius 2 is 1.89 bits per heavy atom. The molecular weight excluding hydrogens is 363 g/mol. The first-order chi connectivity index (χ1) is 12.9. The lowest BCUT2D eigenvalue weighted by Gasteiger charge is -2.12. The summed E-state index contributed by atoms with van der Waals surface area (Å²) in [5.74, 6) is 0.296.